The van der Waals surface area contributed by atoms with Gasteiger partial charge in [0.15, 0.2) is 5.78 Å². The molecule has 13 heavy (non-hydrogen) atoms. The molecule has 0 saturated heterocycles. The van der Waals surface area contributed by atoms with Crippen LogP contribution in [-0.4, -0.2) is 10.9 Å². The maximum atomic E-state index is 11.2. The Labute approximate surface area is 75.7 Å². The molecule has 3 heteroatoms. The molecule has 1 aromatic rings. The Hall–Kier alpha value is -1.35. The van der Waals surface area contributed by atoms with Gasteiger partial charge in [-0.15, -0.1) is 0 Å². The van der Waals surface area contributed by atoms with Gasteiger partial charge in [-0.1, -0.05) is 6.08 Å². The number of carbonyl (C=O) groups excluding carboxylic acids is 1. The van der Waals surface area contributed by atoms with Crippen molar-refractivity contribution in [1.29, 1.82) is 0 Å². The standard InChI is InChI=1S/C10H10O3/c11-8-4-1-3-7(8)10(12)9-5-2-6-13-9/h2-3,5-6,10,12H,1,4H2. The van der Waals surface area contributed by atoms with E-state index >= 15 is 0 Å². The van der Waals surface area contributed by atoms with Gasteiger partial charge in [-0.05, 0) is 18.6 Å². The molecule has 1 aliphatic carbocycles. The van der Waals surface area contributed by atoms with Gasteiger partial charge in [0.05, 0.1) is 6.26 Å². The minimum absolute atomic E-state index is 0.0175. The van der Waals surface area contributed by atoms with Gasteiger partial charge < -0.3 is 9.52 Å². The summed E-state index contributed by atoms with van der Waals surface area (Å²) in [4.78, 5) is 11.2. The lowest BCUT2D eigenvalue weighted by molar-refractivity contribution is -0.115. The van der Waals surface area contributed by atoms with Crippen LogP contribution in [-0.2, 0) is 4.79 Å². The van der Waals surface area contributed by atoms with Crippen molar-refractivity contribution in [3.8, 4) is 0 Å². The summed E-state index contributed by atoms with van der Waals surface area (Å²) in [6, 6.07) is 3.36. The van der Waals surface area contributed by atoms with E-state index < -0.39 is 6.10 Å². The fraction of sp³-hybridized carbons (Fsp3) is 0.300. The van der Waals surface area contributed by atoms with E-state index in [0.29, 0.717) is 17.8 Å². The maximum Gasteiger partial charge on any atom is 0.161 e. The normalized spacial score (nSPS) is 18.8. The minimum Gasteiger partial charge on any atom is -0.466 e. The van der Waals surface area contributed by atoms with Crippen LogP contribution in [0.3, 0.4) is 0 Å². The maximum absolute atomic E-state index is 11.2. The second-order valence-corrected chi connectivity index (χ2v) is 3.04. The first kappa shape index (κ1) is 8.26. The van der Waals surface area contributed by atoms with Crippen molar-refractivity contribution in [2.24, 2.45) is 0 Å². The molecule has 1 unspecified atom stereocenters. The van der Waals surface area contributed by atoms with Gasteiger partial charge in [-0.3, -0.25) is 4.79 Å². The van der Waals surface area contributed by atoms with Crippen molar-refractivity contribution in [2.75, 3.05) is 0 Å². The van der Waals surface area contributed by atoms with E-state index in [1.165, 1.54) is 6.26 Å². The zero-order chi connectivity index (χ0) is 9.26. The highest BCUT2D eigenvalue weighted by Crippen LogP contribution is 2.27. The number of carbonyl (C=O) groups is 1. The molecule has 0 fully saturated rings. The fourth-order valence-electron chi connectivity index (χ4n) is 1.48. The van der Waals surface area contributed by atoms with Gasteiger partial charge in [0, 0.05) is 12.0 Å². The fourth-order valence-corrected chi connectivity index (χ4v) is 1.48. The highest BCUT2D eigenvalue weighted by atomic mass is 16.4. The van der Waals surface area contributed by atoms with Crippen LogP contribution in [0.1, 0.15) is 24.7 Å². The molecule has 3 nitrogen and oxygen atoms in total. The molecule has 0 amide bonds. The highest BCUT2D eigenvalue weighted by Gasteiger charge is 2.24. The highest BCUT2D eigenvalue weighted by molar-refractivity contribution is 5.98. The predicted molar refractivity (Wildman–Crippen MR) is 46.0 cm³/mol. The number of allylic oxidation sites excluding steroid dienone is 1. The Morgan fingerprint density at radius 3 is 2.92 bits per heavy atom. The number of hydrogen-bond donors (Lipinski definition) is 1. The van der Waals surface area contributed by atoms with Crippen LogP contribution in [0, 0.1) is 0 Å². The summed E-state index contributed by atoms with van der Waals surface area (Å²) in [5.74, 6) is 0.449. The van der Waals surface area contributed by atoms with Crippen LogP contribution in [0.15, 0.2) is 34.5 Å². The van der Waals surface area contributed by atoms with Gasteiger partial charge in [0.1, 0.15) is 11.9 Å². The third kappa shape index (κ3) is 1.42. The Morgan fingerprint density at radius 1 is 1.54 bits per heavy atom. The van der Waals surface area contributed by atoms with Crippen LogP contribution in [0.5, 0.6) is 0 Å². The summed E-state index contributed by atoms with van der Waals surface area (Å²) in [7, 11) is 0. The van der Waals surface area contributed by atoms with Crippen LogP contribution < -0.4 is 0 Å². The summed E-state index contributed by atoms with van der Waals surface area (Å²) in [6.45, 7) is 0. The molecular weight excluding hydrogens is 168 g/mol. The molecule has 0 bridgehead atoms. The molecule has 1 aromatic heterocycles. The number of furan rings is 1. The van der Waals surface area contributed by atoms with Crippen molar-refractivity contribution < 1.29 is 14.3 Å². The number of hydrogen-bond acceptors (Lipinski definition) is 3. The largest absolute Gasteiger partial charge is 0.466 e. The number of rotatable bonds is 2. The van der Waals surface area contributed by atoms with E-state index in [1.807, 2.05) is 0 Å². The molecule has 2 rings (SSSR count). The molecule has 0 spiro atoms. The van der Waals surface area contributed by atoms with E-state index in [2.05, 4.69) is 0 Å². The summed E-state index contributed by atoms with van der Waals surface area (Å²) < 4.78 is 5.01. The SMILES string of the molecule is O=C1CCC=C1C(O)c1ccco1. The van der Waals surface area contributed by atoms with Crippen LogP contribution >= 0.6 is 0 Å². The first-order valence-electron chi connectivity index (χ1n) is 4.24. The van der Waals surface area contributed by atoms with Crippen molar-refractivity contribution in [3.63, 3.8) is 0 Å². The average molecular weight is 178 g/mol. The molecule has 0 aliphatic heterocycles. The van der Waals surface area contributed by atoms with E-state index in [9.17, 15) is 9.90 Å². The zero-order valence-electron chi connectivity index (χ0n) is 7.06. The summed E-state index contributed by atoms with van der Waals surface area (Å²) in [6.07, 6.45) is 3.61. The first-order valence-corrected chi connectivity index (χ1v) is 4.24. The van der Waals surface area contributed by atoms with Gasteiger partial charge >= 0.3 is 0 Å². The molecule has 0 saturated carbocycles. The third-order valence-electron chi connectivity index (χ3n) is 2.16. The van der Waals surface area contributed by atoms with Gasteiger partial charge in [0.25, 0.3) is 0 Å². The van der Waals surface area contributed by atoms with Crippen molar-refractivity contribution >= 4 is 5.78 Å². The molecule has 68 valence electrons. The lowest BCUT2D eigenvalue weighted by Gasteiger charge is -2.06. The molecule has 1 atom stereocenters. The van der Waals surface area contributed by atoms with Crippen molar-refractivity contribution in [1.82, 2.24) is 0 Å². The van der Waals surface area contributed by atoms with Gasteiger partial charge in [-0.2, -0.15) is 0 Å². The summed E-state index contributed by atoms with van der Waals surface area (Å²) in [5, 5.41) is 9.70. The smallest absolute Gasteiger partial charge is 0.161 e. The van der Waals surface area contributed by atoms with E-state index in [1.54, 1.807) is 18.2 Å². The quantitative estimate of drug-likeness (QED) is 0.748. The predicted octanol–water partition coefficient (Wildman–Crippen LogP) is 1.60. The number of Topliss-reactive ketones (excluding diaryl/α,β-unsaturated/α-hetero) is 1. The van der Waals surface area contributed by atoms with Crippen LogP contribution in [0.2, 0.25) is 0 Å². The number of ketones is 1. The van der Waals surface area contributed by atoms with Gasteiger partial charge in [-0.25, -0.2) is 0 Å². The van der Waals surface area contributed by atoms with E-state index in [4.69, 9.17) is 4.42 Å². The average Bonchev–Trinajstić information content (AvgIpc) is 2.72. The second kappa shape index (κ2) is 3.18. The molecular formula is C10H10O3. The molecule has 1 aliphatic rings. The van der Waals surface area contributed by atoms with Crippen molar-refractivity contribution in [3.05, 3.63) is 35.8 Å². The Bertz CT molecular complexity index is 335. The minimum atomic E-state index is -0.884. The third-order valence-corrected chi connectivity index (χ3v) is 2.16. The van der Waals surface area contributed by atoms with E-state index in [0.717, 1.165) is 6.42 Å². The van der Waals surface area contributed by atoms with E-state index in [-0.39, 0.29) is 5.78 Å². The molecule has 0 radical (unpaired) electrons. The summed E-state index contributed by atoms with van der Waals surface area (Å²) in [5.41, 5.74) is 0.468. The van der Waals surface area contributed by atoms with Crippen LogP contribution in [0.4, 0.5) is 0 Å². The second-order valence-electron chi connectivity index (χ2n) is 3.04. The number of aliphatic hydroxyl groups excluding tert-OH is 1. The Balaban J connectivity index is 2.22. The topological polar surface area (TPSA) is 50.4 Å². The summed E-state index contributed by atoms with van der Waals surface area (Å²) >= 11 is 0. The first-order chi connectivity index (χ1) is 6.29. The Morgan fingerprint density at radius 2 is 2.38 bits per heavy atom. The van der Waals surface area contributed by atoms with Gasteiger partial charge in [0.2, 0.25) is 0 Å². The molecule has 1 heterocycles. The monoisotopic (exact) mass is 178 g/mol. The van der Waals surface area contributed by atoms with Crippen molar-refractivity contribution in [2.45, 2.75) is 18.9 Å². The van der Waals surface area contributed by atoms with Crippen LogP contribution in [0.25, 0.3) is 0 Å². The molecule has 0 aromatic carbocycles. The number of aliphatic hydroxyl groups is 1. The molecule has 1 N–H and O–H groups in total. The lowest BCUT2D eigenvalue weighted by atomic mass is 10.1. The zero-order valence-corrected chi connectivity index (χ0v) is 7.06. The Kier molecular flexibility index (Phi) is 2.02. The lowest BCUT2D eigenvalue weighted by Crippen LogP contribution is -2.06.